The molecule has 5 rings (SSSR count). The number of aromatic nitrogens is 4. The summed E-state index contributed by atoms with van der Waals surface area (Å²) in [5.41, 5.74) is 3.91. The lowest BCUT2D eigenvalue weighted by atomic mass is 10.1. The second-order valence-corrected chi connectivity index (χ2v) is 11.0. The molecule has 4 atom stereocenters. The van der Waals surface area contributed by atoms with E-state index in [0.29, 0.717) is 35.6 Å². The van der Waals surface area contributed by atoms with Crippen LogP contribution in [-0.2, 0) is 27.2 Å². The molecule has 2 aromatic carbocycles. The molecule has 1 aliphatic rings. The molecule has 0 radical (unpaired) electrons. The van der Waals surface area contributed by atoms with Crippen LogP contribution in [0.3, 0.4) is 0 Å². The van der Waals surface area contributed by atoms with Crippen LogP contribution in [0.25, 0.3) is 11.2 Å². The Kier molecular flexibility index (Phi) is 9.66. The number of imidazole rings is 1. The van der Waals surface area contributed by atoms with E-state index in [0.717, 1.165) is 16.8 Å². The van der Waals surface area contributed by atoms with E-state index in [4.69, 9.17) is 5.84 Å². The summed E-state index contributed by atoms with van der Waals surface area (Å²) in [6, 6.07) is 13.3. The molecular formula is C31H37N9O5. The standard InChI is InChI=1S/C31H37N9O5/c1-3-24(41)38-22-15-23(29(45)28(22)44)39-17-35-27-30(33-16-34-31(27)39)37-21-11-5-18(6-12-21)13-25(42)36-20-9-7-19(8-10-20)14-26(43)40(32)4-2/h5-12,16-17,22-23,28-29,44-45H,3-4,13-15,32H2,1-2H3,(H,36,42)(H,38,41)(H,33,34,37)/t22-,23+,28+,29-/m0/s1. The molecule has 1 saturated carbocycles. The molecule has 0 unspecified atom stereocenters. The van der Waals surface area contributed by atoms with Crippen LogP contribution in [0.5, 0.6) is 0 Å². The summed E-state index contributed by atoms with van der Waals surface area (Å²) < 4.78 is 1.70. The second kappa shape index (κ2) is 13.8. The lowest BCUT2D eigenvalue weighted by Gasteiger charge is -2.18. The van der Waals surface area contributed by atoms with Crippen molar-refractivity contribution < 1.29 is 24.6 Å². The zero-order chi connectivity index (χ0) is 32.1. The van der Waals surface area contributed by atoms with E-state index >= 15 is 0 Å². The fraction of sp³-hybridized carbons (Fsp3) is 0.355. The van der Waals surface area contributed by atoms with E-state index in [9.17, 15) is 24.6 Å². The number of aliphatic hydroxyl groups is 2. The first-order chi connectivity index (χ1) is 21.7. The number of nitrogens with two attached hydrogens (primary N) is 1. The van der Waals surface area contributed by atoms with Crippen molar-refractivity contribution in [3.05, 3.63) is 72.3 Å². The molecule has 4 aromatic rings. The Bertz CT molecular complexity index is 1660. The third kappa shape index (κ3) is 7.25. The number of hydrogen-bond donors (Lipinski definition) is 6. The van der Waals surface area contributed by atoms with Crippen LogP contribution in [0.15, 0.2) is 61.2 Å². The molecule has 7 N–H and O–H groups in total. The summed E-state index contributed by atoms with van der Waals surface area (Å²) in [7, 11) is 0. The predicted molar refractivity (Wildman–Crippen MR) is 167 cm³/mol. The maximum absolute atomic E-state index is 12.7. The molecule has 0 aliphatic heterocycles. The van der Waals surface area contributed by atoms with Gasteiger partial charge in [0.2, 0.25) is 17.7 Å². The monoisotopic (exact) mass is 615 g/mol. The number of likely N-dealkylation sites (N-methyl/N-ethyl adjacent to an activating group) is 1. The summed E-state index contributed by atoms with van der Waals surface area (Å²) >= 11 is 0. The number of nitrogens with zero attached hydrogens (tertiary/aromatic N) is 5. The number of aliphatic hydroxyl groups excluding tert-OH is 2. The second-order valence-electron chi connectivity index (χ2n) is 11.0. The van der Waals surface area contributed by atoms with Crippen molar-refractivity contribution in [2.75, 3.05) is 17.2 Å². The predicted octanol–water partition coefficient (Wildman–Crippen LogP) is 1.58. The highest BCUT2D eigenvalue weighted by Crippen LogP contribution is 2.34. The van der Waals surface area contributed by atoms with Crippen LogP contribution >= 0.6 is 0 Å². The molecule has 0 spiro atoms. The van der Waals surface area contributed by atoms with Gasteiger partial charge in [-0.3, -0.25) is 19.4 Å². The minimum absolute atomic E-state index is 0.163. The minimum atomic E-state index is -1.12. The van der Waals surface area contributed by atoms with Gasteiger partial charge >= 0.3 is 0 Å². The van der Waals surface area contributed by atoms with Crippen molar-refractivity contribution in [2.24, 2.45) is 5.84 Å². The number of benzene rings is 2. The number of nitrogens with one attached hydrogen (secondary N) is 3. The van der Waals surface area contributed by atoms with Gasteiger partial charge < -0.3 is 30.7 Å². The number of rotatable bonds is 11. The van der Waals surface area contributed by atoms with Gasteiger partial charge in [0, 0.05) is 24.3 Å². The molecule has 0 saturated heterocycles. The molecule has 3 amide bonds. The average molecular weight is 616 g/mol. The number of hydrogen-bond acceptors (Lipinski definition) is 10. The Morgan fingerprint density at radius 1 is 0.911 bits per heavy atom. The van der Waals surface area contributed by atoms with Crippen LogP contribution in [0.1, 0.15) is 43.9 Å². The molecule has 14 nitrogen and oxygen atoms in total. The summed E-state index contributed by atoms with van der Waals surface area (Å²) in [6.45, 7) is 3.96. The van der Waals surface area contributed by atoms with Crippen molar-refractivity contribution >= 4 is 46.1 Å². The van der Waals surface area contributed by atoms with E-state index < -0.39 is 24.3 Å². The first-order valence-corrected chi connectivity index (χ1v) is 14.8. The van der Waals surface area contributed by atoms with Crippen molar-refractivity contribution in [3.63, 3.8) is 0 Å². The lowest BCUT2D eigenvalue weighted by Crippen LogP contribution is -2.42. The molecule has 2 aromatic heterocycles. The average Bonchev–Trinajstić information content (AvgIpc) is 3.59. The third-order valence-electron chi connectivity index (χ3n) is 7.87. The van der Waals surface area contributed by atoms with Crippen LogP contribution in [0.4, 0.5) is 17.2 Å². The molecule has 236 valence electrons. The van der Waals surface area contributed by atoms with Crippen molar-refractivity contribution in [1.29, 1.82) is 0 Å². The SMILES string of the molecule is CCC(=O)N[C@H]1C[C@@H](n2cnc3c(Nc4ccc(CC(=O)Nc5ccc(CC(=O)N(N)CC)cc5)cc4)ncnc32)[C@H](O)[C@@H]1O. The van der Waals surface area contributed by atoms with Crippen LogP contribution in [0.2, 0.25) is 0 Å². The highest BCUT2D eigenvalue weighted by atomic mass is 16.3. The van der Waals surface area contributed by atoms with Crippen molar-refractivity contribution in [3.8, 4) is 0 Å². The van der Waals surface area contributed by atoms with Gasteiger partial charge in [-0.15, -0.1) is 0 Å². The zero-order valence-corrected chi connectivity index (χ0v) is 25.1. The minimum Gasteiger partial charge on any atom is -0.388 e. The maximum Gasteiger partial charge on any atom is 0.240 e. The molecule has 2 heterocycles. The first-order valence-electron chi connectivity index (χ1n) is 14.8. The van der Waals surface area contributed by atoms with Crippen molar-refractivity contribution in [2.45, 2.75) is 63.8 Å². The largest absolute Gasteiger partial charge is 0.388 e. The number of anilines is 3. The summed E-state index contributed by atoms with van der Waals surface area (Å²) in [6.07, 6.45) is 1.66. The van der Waals surface area contributed by atoms with Crippen LogP contribution in [0, 0.1) is 0 Å². The van der Waals surface area contributed by atoms with Gasteiger partial charge in [-0.25, -0.2) is 20.8 Å². The lowest BCUT2D eigenvalue weighted by molar-refractivity contribution is -0.130. The number of fused-ring (bicyclic) bond motifs is 1. The Morgan fingerprint density at radius 3 is 2.24 bits per heavy atom. The van der Waals surface area contributed by atoms with Gasteiger partial charge in [0.1, 0.15) is 18.5 Å². The highest BCUT2D eigenvalue weighted by Gasteiger charge is 2.43. The molecule has 0 bridgehead atoms. The molecule has 14 heteroatoms. The van der Waals surface area contributed by atoms with Gasteiger partial charge in [-0.2, -0.15) is 0 Å². The van der Waals surface area contributed by atoms with E-state index in [2.05, 4.69) is 30.9 Å². The van der Waals surface area contributed by atoms with Gasteiger partial charge in [-0.1, -0.05) is 31.2 Å². The Balaban J connectivity index is 1.19. The molecule has 1 fully saturated rings. The Hall–Kier alpha value is -4.92. The first kappa shape index (κ1) is 31.5. The number of hydrazine groups is 1. The van der Waals surface area contributed by atoms with Gasteiger partial charge in [-0.05, 0) is 48.7 Å². The topological polar surface area (TPSA) is 201 Å². The molecule has 45 heavy (non-hydrogen) atoms. The van der Waals surface area contributed by atoms with E-state index in [1.165, 1.54) is 11.3 Å². The highest BCUT2D eigenvalue weighted by molar-refractivity contribution is 5.92. The van der Waals surface area contributed by atoms with E-state index in [1.54, 1.807) is 49.0 Å². The van der Waals surface area contributed by atoms with E-state index in [-0.39, 0.29) is 37.0 Å². The number of amides is 3. The van der Waals surface area contributed by atoms with E-state index in [1.807, 2.05) is 24.3 Å². The fourth-order valence-electron chi connectivity index (χ4n) is 5.31. The Labute approximate surface area is 259 Å². The van der Waals surface area contributed by atoms with Gasteiger partial charge in [0.15, 0.2) is 17.0 Å². The van der Waals surface area contributed by atoms with Gasteiger partial charge in [0.25, 0.3) is 0 Å². The van der Waals surface area contributed by atoms with Crippen LogP contribution < -0.4 is 21.8 Å². The normalized spacial score (nSPS) is 19.3. The molecular weight excluding hydrogens is 578 g/mol. The van der Waals surface area contributed by atoms with Crippen LogP contribution in [-0.4, -0.2) is 77.3 Å². The third-order valence-corrected chi connectivity index (χ3v) is 7.87. The zero-order valence-electron chi connectivity index (χ0n) is 25.1. The number of carbonyl (C=O) groups excluding carboxylic acids is 3. The van der Waals surface area contributed by atoms with Gasteiger partial charge in [0.05, 0.1) is 31.3 Å². The summed E-state index contributed by atoms with van der Waals surface area (Å²) in [5.74, 6) is 5.53. The molecule has 1 aliphatic carbocycles. The Morgan fingerprint density at radius 2 is 1.58 bits per heavy atom. The quantitative estimate of drug-likeness (QED) is 0.0817. The fourth-order valence-corrected chi connectivity index (χ4v) is 5.31. The maximum atomic E-state index is 12.7. The number of carbonyl (C=O) groups is 3. The smallest absolute Gasteiger partial charge is 0.240 e. The summed E-state index contributed by atoms with van der Waals surface area (Å²) in [4.78, 5) is 49.7. The van der Waals surface area contributed by atoms with Crippen molar-refractivity contribution in [1.82, 2.24) is 29.8 Å². The summed E-state index contributed by atoms with van der Waals surface area (Å²) in [5, 5.41) is 31.3.